The molecule has 35 heavy (non-hydrogen) atoms. The monoisotopic (exact) mass is 475 g/mol. The zero-order valence-electron chi connectivity index (χ0n) is 18.9. The fourth-order valence-corrected chi connectivity index (χ4v) is 4.98. The molecule has 0 radical (unpaired) electrons. The maximum atomic E-state index is 12.4. The number of aromatic nitrogens is 1. The Morgan fingerprint density at radius 1 is 1.03 bits per heavy atom. The number of carboxylic acid groups (broad SMARTS) is 1. The van der Waals surface area contributed by atoms with Crippen molar-refractivity contribution in [1.82, 2.24) is 15.8 Å². The van der Waals surface area contributed by atoms with Crippen LogP contribution in [0.25, 0.3) is 11.1 Å². The van der Waals surface area contributed by atoms with Gasteiger partial charge in [-0.1, -0.05) is 60.1 Å². The highest BCUT2D eigenvalue weighted by Crippen LogP contribution is 2.44. The van der Waals surface area contributed by atoms with Crippen LogP contribution in [0.3, 0.4) is 0 Å². The van der Waals surface area contributed by atoms with Crippen LogP contribution in [0.4, 0.5) is 4.79 Å². The van der Waals surface area contributed by atoms with Gasteiger partial charge in [0.05, 0.1) is 12.5 Å². The van der Waals surface area contributed by atoms with Crippen molar-refractivity contribution in [3.05, 3.63) is 77.2 Å². The average molecular weight is 476 g/mol. The number of hydrogen-bond acceptors (Lipinski definition) is 6. The van der Waals surface area contributed by atoms with Crippen LogP contribution in [0.2, 0.25) is 0 Å². The molecule has 2 amide bonds. The van der Waals surface area contributed by atoms with E-state index in [0.29, 0.717) is 12.8 Å². The number of fused-ring (bicyclic) bond motifs is 3. The molecule has 0 spiro atoms. The molecule has 1 fully saturated rings. The van der Waals surface area contributed by atoms with Crippen molar-refractivity contribution in [3.8, 4) is 11.1 Å². The maximum Gasteiger partial charge on any atom is 0.407 e. The van der Waals surface area contributed by atoms with Crippen molar-refractivity contribution in [2.75, 3.05) is 6.61 Å². The molecule has 1 heterocycles. The van der Waals surface area contributed by atoms with E-state index in [1.807, 2.05) is 36.4 Å². The Kier molecular flexibility index (Phi) is 6.22. The van der Waals surface area contributed by atoms with Crippen LogP contribution in [0.15, 0.2) is 59.1 Å². The van der Waals surface area contributed by atoms with Gasteiger partial charge in [-0.25, -0.2) is 4.79 Å². The number of nitrogens with one attached hydrogen (secondary N) is 2. The summed E-state index contributed by atoms with van der Waals surface area (Å²) in [5.41, 5.74) is 4.58. The molecule has 9 heteroatoms. The maximum absolute atomic E-state index is 12.4. The molecule has 9 nitrogen and oxygen atoms in total. The first kappa shape index (κ1) is 22.6. The summed E-state index contributed by atoms with van der Waals surface area (Å²) < 4.78 is 10.6. The van der Waals surface area contributed by atoms with Gasteiger partial charge in [-0.3, -0.25) is 9.59 Å². The highest BCUT2D eigenvalue weighted by molar-refractivity contribution is 5.92. The lowest BCUT2D eigenvalue weighted by molar-refractivity contribution is -0.142. The molecule has 1 saturated carbocycles. The SMILES string of the molecule is O=C(NCc1cc(C(=O)NC2CCCC2C(=O)O)no1)OCC1c2ccccc2-c2ccccc21. The zero-order chi connectivity index (χ0) is 24.4. The molecule has 5 rings (SSSR count). The molecule has 2 aliphatic rings. The van der Waals surface area contributed by atoms with Gasteiger partial charge < -0.3 is 25.0 Å². The van der Waals surface area contributed by atoms with Crippen LogP contribution < -0.4 is 10.6 Å². The average Bonchev–Trinajstić information content (AvgIpc) is 3.59. The summed E-state index contributed by atoms with van der Waals surface area (Å²) in [6.07, 6.45) is 1.28. The Morgan fingerprint density at radius 2 is 1.71 bits per heavy atom. The number of carbonyl (C=O) groups excluding carboxylic acids is 2. The largest absolute Gasteiger partial charge is 0.481 e. The number of amides is 2. The number of rotatable bonds is 7. The van der Waals surface area contributed by atoms with Crippen LogP contribution in [0, 0.1) is 5.92 Å². The Morgan fingerprint density at radius 3 is 2.40 bits per heavy atom. The van der Waals surface area contributed by atoms with Crippen molar-refractivity contribution in [2.24, 2.45) is 5.92 Å². The van der Waals surface area contributed by atoms with Crippen LogP contribution in [0.1, 0.15) is 52.6 Å². The van der Waals surface area contributed by atoms with Gasteiger partial charge in [-0.05, 0) is 35.1 Å². The Bertz CT molecular complexity index is 1220. The second-order valence-electron chi connectivity index (χ2n) is 8.81. The minimum absolute atomic E-state index is 0.00185. The van der Waals surface area contributed by atoms with Crippen LogP contribution in [0.5, 0.6) is 0 Å². The van der Waals surface area contributed by atoms with Gasteiger partial charge in [0.1, 0.15) is 6.61 Å². The van der Waals surface area contributed by atoms with Crippen LogP contribution in [-0.2, 0) is 16.1 Å². The number of carboxylic acids is 1. The second-order valence-corrected chi connectivity index (χ2v) is 8.81. The number of benzene rings is 2. The summed E-state index contributed by atoms with van der Waals surface area (Å²) in [5.74, 6) is -1.77. The predicted molar refractivity (Wildman–Crippen MR) is 125 cm³/mol. The van der Waals surface area contributed by atoms with Crippen molar-refractivity contribution in [1.29, 1.82) is 0 Å². The van der Waals surface area contributed by atoms with Gasteiger partial charge in [-0.15, -0.1) is 0 Å². The topological polar surface area (TPSA) is 131 Å². The molecule has 2 aromatic carbocycles. The van der Waals surface area contributed by atoms with E-state index in [4.69, 9.17) is 9.26 Å². The van der Waals surface area contributed by atoms with E-state index in [0.717, 1.165) is 28.7 Å². The zero-order valence-corrected chi connectivity index (χ0v) is 18.9. The molecular weight excluding hydrogens is 450 g/mol. The Labute approximate surface area is 201 Å². The summed E-state index contributed by atoms with van der Waals surface area (Å²) in [6, 6.07) is 17.2. The molecule has 180 valence electrons. The van der Waals surface area contributed by atoms with Crippen LogP contribution in [-0.4, -0.2) is 40.9 Å². The summed E-state index contributed by atoms with van der Waals surface area (Å²) in [4.78, 5) is 36.1. The minimum Gasteiger partial charge on any atom is -0.481 e. The number of ether oxygens (including phenoxy) is 1. The number of alkyl carbamates (subject to hydrolysis) is 1. The van der Waals surface area contributed by atoms with E-state index < -0.39 is 29.9 Å². The van der Waals surface area contributed by atoms with E-state index in [2.05, 4.69) is 27.9 Å². The molecule has 1 aromatic heterocycles. The Balaban J connectivity index is 1.14. The first-order chi connectivity index (χ1) is 17.0. The van der Waals surface area contributed by atoms with Gasteiger partial charge in [0.25, 0.3) is 5.91 Å². The predicted octanol–water partition coefficient (Wildman–Crippen LogP) is 3.70. The summed E-state index contributed by atoms with van der Waals surface area (Å²) in [7, 11) is 0. The van der Waals surface area contributed by atoms with Gasteiger partial charge in [0.2, 0.25) is 0 Å². The third kappa shape index (κ3) is 4.62. The molecule has 0 saturated heterocycles. The van der Waals surface area contributed by atoms with Crippen molar-refractivity contribution >= 4 is 18.0 Å². The molecule has 2 atom stereocenters. The third-order valence-corrected chi connectivity index (χ3v) is 6.69. The lowest BCUT2D eigenvalue weighted by atomic mass is 9.98. The molecule has 3 N–H and O–H groups in total. The van der Waals surface area contributed by atoms with Crippen molar-refractivity contribution in [3.63, 3.8) is 0 Å². The molecule has 2 aliphatic carbocycles. The van der Waals surface area contributed by atoms with Gasteiger partial charge >= 0.3 is 12.1 Å². The minimum atomic E-state index is -0.916. The van der Waals surface area contributed by atoms with Crippen LogP contribution >= 0.6 is 0 Å². The number of nitrogens with zero attached hydrogens (tertiary/aromatic N) is 1. The quantitative estimate of drug-likeness (QED) is 0.475. The highest BCUT2D eigenvalue weighted by Gasteiger charge is 2.34. The van der Waals surface area contributed by atoms with E-state index >= 15 is 0 Å². The first-order valence-electron chi connectivity index (χ1n) is 11.6. The smallest absolute Gasteiger partial charge is 0.407 e. The third-order valence-electron chi connectivity index (χ3n) is 6.69. The standard InChI is InChI=1S/C26H25N3O6/c30-24(28-22-11-5-10-20(22)25(31)32)23-12-15(35-29-23)13-27-26(33)34-14-21-18-8-3-1-6-16(18)17-7-2-4-9-19(17)21/h1-4,6-9,12,20-22H,5,10-11,13-14H2,(H,27,33)(H,28,30)(H,31,32). The second kappa shape index (κ2) is 9.61. The fourth-order valence-electron chi connectivity index (χ4n) is 4.98. The van der Waals surface area contributed by atoms with E-state index in [1.54, 1.807) is 0 Å². The number of aliphatic carboxylic acids is 1. The van der Waals surface area contributed by atoms with E-state index in [1.165, 1.54) is 6.07 Å². The van der Waals surface area contributed by atoms with Crippen molar-refractivity contribution in [2.45, 2.75) is 37.8 Å². The molecular formula is C26H25N3O6. The van der Waals surface area contributed by atoms with E-state index in [9.17, 15) is 19.5 Å². The lowest BCUT2D eigenvalue weighted by Crippen LogP contribution is -2.40. The normalized spacial score (nSPS) is 18.5. The van der Waals surface area contributed by atoms with Gasteiger partial charge in [0.15, 0.2) is 11.5 Å². The molecule has 3 aromatic rings. The molecule has 0 aliphatic heterocycles. The molecule has 2 unspecified atom stereocenters. The van der Waals surface area contributed by atoms with Gasteiger partial charge in [-0.2, -0.15) is 0 Å². The number of carbonyl (C=O) groups is 3. The van der Waals surface area contributed by atoms with Crippen molar-refractivity contribution < 1.29 is 28.8 Å². The lowest BCUT2D eigenvalue weighted by Gasteiger charge is -2.16. The molecule has 0 bridgehead atoms. The van der Waals surface area contributed by atoms with E-state index in [-0.39, 0.29) is 30.5 Å². The summed E-state index contributed by atoms with van der Waals surface area (Å²) in [6.45, 7) is 0.189. The number of hydrogen-bond donors (Lipinski definition) is 3. The highest BCUT2D eigenvalue weighted by atomic mass is 16.5. The van der Waals surface area contributed by atoms with Gasteiger partial charge in [0, 0.05) is 18.0 Å². The first-order valence-corrected chi connectivity index (χ1v) is 11.6. The summed E-state index contributed by atoms with van der Waals surface area (Å²) >= 11 is 0. The fraction of sp³-hybridized carbons (Fsp3) is 0.308. The Hall–Kier alpha value is -4.14. The summed E-state index contributed by atoms with van der Waals surface area (Å²) in [5, 5.41) is 18.3.